The smallest absolute Gasteiger partial charge is 0.0640 e. The van der Waals surface area contributed by atoms with Gasteiger partial charge in [-0.2, -0.15) is 0 Å². The summed E-state index contributed by atoms with van der Waals surface area (Å²) >= 11 is 1.90. The van der Waals surface area contributed by atoms with Crippen LogP contribution in [0.1, 0.15) is 0 Å². The Balaban J connectivity index is 0.993. The number of hydrogen-bond donors (Lipinski definition) is 0. The van der Waals surface area contributed by atoms with Crippen LogP contribution in [0.25, 0.3) is 102 Å². The molecule has 0 fully saturated rings. The van der Waals surface area contributed by atoms with E-state index >= 15 is 0 Å². The van der Waals surface area contributed by atoms with Crippen LogP contribution in [-0.2, 0) is 0 Å². The van der Waals surface area contributed by atoms with Gasteiger partial charge in [0.2, 0.25) is 0 Å². The predicted octanol–water partition coefficient (Wildman–Crippen LogP) is 17.4. The molecule has 0 saturated heterocycles. The van der Waals surface area contributed by atoms with Gasteiger partial charge < -0.3 is 9.47 Å². The SMILES string of the molecule is c1cc(-c2ccc(N(c3ccccc3-c3ccc4ccc5ccccc5c4c3)c3cccc4c3sc3c5ccccc5ccc43)cc2)cc(-n2c3ccccc3c3ccccc32)c1. The summed E-state index contributed by atoms with van der Waals surface area (Å²) < 4.78 is 4.99. The van der Waals surface area contributed by atoms with Gasteiger partial charge in [0.05, 0.1) is 27.1 Å². The average Bonchev–Trinajstić information content (AvgIpc) is 3.91. The van der Waals surface area contributed by atoms with Crippen LogP contribution in [0.15, 0.2) is 231 Å². The van der Waals surface area contributed by atoms with Crippen molar-refractivity contribution < 1.29 is 0 Å². The summed E-state index contributed by atoms with van der Waals surface area (Å²) in [5, 5.41) is 12.7. The van der Waals surface area contributed by atoms with E-state index in [1.807, 2.05) is 11.3 Å². The summed E-state index contributed by atoms with van der Waals surface area (Å²) in [6.07, 6.45) is 0. The van der Waals surface area contributed by atoms with Crippen molar-refractivity contribution in [3.63, 3.8) is 0 Å². The van der Waals surface area contributed by atoms with Gasteiger partial charge in [-0.05, 0) is 104 Å². The third-order valence-electron chi connectivity index (χ3n) is 13.0. The van der Waals surface area contributed by atoms with Crippen LogP contribution in [0.5, 0.6) is 0 Å². The second-order valence-electron chi connectivity index (χ2n) is 16.5. The molecule has 0 aliphatic rings. The molecule has 0 spiro atoms. The lowest BCUT2D eigenvalue weighted by atomic mass is 9.95. The fourth-order valence-electron chi connectivity index (χ4n) is 10.0. The molecule has 0 unspecified atom stereocenters. The molecule has 0 aliphatic carbocycles. The highest BCUT2D eigenvalue weighted by molar-refractivity contribution is 7.27. The van der Waals surface area contributed by atoms with E-state index in [0.29, 0.717) is 0 Å². The van der Waals surface area contributed by atoms with Crippen molar-refractivity contribution in [3.8, 4) is 27.9 Å². The van der Waals surface area contributed by atoms with Crippen molar-refractivity contribution in [3.05, 3.63) is 231 Å². The fourth-order valence-corrected chi connectivity index (χ4v) is 11.3. The van der Waals surface area contributed by atoms with Crippen LogP contribution in [0.2, 0.25) is 0 Å². The minimum Gasteiger partial charge on any atom is -0.309 e. The summed E-state index contributed by atoms with van der Waals surface area (Å²) in [7, 11) is 0. The van der Waals surface area contributed by atoms with Crippen LogP contribution in [0.4, 0.5) is 17.1 Å². The first-order valence-corrected chi connectivity index (χ1v) is 22.4. The molecule has 2 heterocycles. The molecular weight excluding hydrogens is 781 g/mol. The van der Waals surface area contributed by atoms with Crippen molar-refractivity contribution in [1.29, 1.82) is 0 Å². The lowest BCUT2D eigenvalue weighted by Gasteiger charge is -2.28. The van der Waals surface area contributed by atoms with Crippen molar-refractivity contribution in [2.24, 2.45) is 0 Å². The number of fused-ring (bicyclic) bond motifs is 11. The molecule has 2 nitrogen and oxygen atoms in total. The van der Waals surface area contributed by atoms with Gasteiger partial charge in [0.25, 0.3) is 0 Å². The minimum atomic E-state index is 1.10. The lowest BCUT2D eigenvalue weighted by molar-refractivity contribution is 1.18. The summed E-state index contributed by atoms with van der Waals surface area (Å²) in [6, 6.07) is 84.8. The van der Waals surface area contributed by atoms with Crippen LogP contribution >= 0.6 is 11.3 Å². The molecule has 0 saturated carbocycles. The van der Waals surface area contributed by atoms with Crippen molar-refractivity contribution in [2.75, 3.05) is 4.90 Å². The van der Waals surface area contributed by atoms with Crippen LogP contribution in [0.3, 0.4) is 0 Å². The van der Waals surface area contributed by atoms with E-state index in [1.54, 1.807) is 0 Å². The van der Waals surface area contributed by atoms with Gasteiger partial charge in [0, 0.05) is 43.2 Å². The Kier molecular flexibility index (Phi) is 8.12. The van der Waals surface area contributed by atoms with Crippen LogP contribution in [-0.4, -0.2) is 4.57 Å². The summed E-state index contributed by atoms with van der Waals surface area (Å²) in [6.45, 7) is 0. The van der Waals surface area contributed by atoms with Crippen LogP contribution in [0, 0.1) is 0 Å². The molecule has 11 aromatic carbocycles. The molecule has 13 rings (SSSR count). The molecule has 0 N–H and O–H groups in total. The molecule has 0 amide bonds. The molecular formula is C60H38N2S. The number of aromatic nitrogens is 1. The van der Waals surface area contributed by atoms with Gasteiger partial charge in [-0.15, -0.1) is 11.3 Å². The first-order chi connectivity index (χ1) is 31.2. The number of thiophene rings is 1. The topological polar surface area (TPSA) is 8.17 Å². The molecule has 294 valence electrons. The number of benzene rings is 11. The fraction of sp³-hybridized carbons (Fsp3) is 0. The Labute approximate surface area is 368 Å². The molecule has 3 heteroatoms. The molecule has 0 aliphatic heterocycles. The number of para-hydroxylation sites is 3. The zero-order valence-corrected chi connectivity index (χ0v) is 35.1. The zero-order chi connectivity index (χ0) is 41.4. The molecule has 0 radical (unpaired) electrons. The Hall–Kier alpha value is -7.98. The van der Waals surface area contributed by atoms with E-state index in [9.17, 15) is 0 Å². The third-order valence-corrected chi connectivity index (χ3v) is 14.2. The largest absolute Gasteiger partial charge is 0.309 e. The maximum atomic E-state index is 2.49. The van der Waals surface area contributed by atoms with E-state index in [4.69, 9.17) is 0 Å². The maximum absolute atomic E-state index is 2.49. The molecule has 2 aromatic heterocycles. The Bertz CT molecular complexity index is 3870. The summed E-state index contributed by atoms with van der Waals surface area (Å²) in [4.78, 5) is 2.49. The van der Waals surface area contributed by atoms with E-state index in [1.165, 1.54) is 96.5 Å². The summed E-state index contributed by atoms with van der Waals surface area (Å²) in [5.74, 6) is 0. The van der Waals surface area contributed by atoms with E-state index in [0.717, 1.165) is 22.7 Å². The normalized spacial score (nSPS) is 11.8. The van der Waals surface area contributed by atoms with Gasteiger partial charge in [0.15, 0.2) is 0 Å². The van der Waals surface area contributed by atoms with Gasteiger partial charge in [0.1, 0.15) is 0 Å². The number of rotatable bonds is 6. The number of nitrogens with zero attached hydrogens (tertiary/aromatic N) is 2. The van der Waals surface area contributed by atoms with E-state index < -0.39 is 0 Å². The molecule has 13 aromatic rings. The Morgan fingerprint density at radius 3 is 1.67 bits per heavy atom. The number of hydrogen-bond acceptors (Lipinski definition) is 2. The van der Waals surface area contributed by atoms with E-state index in [-0.39, 0.29) is 0 Å². The standard InChI is InChI=1S/C60H38N2S/c1-3-17-47-40(13-1)27-28-42-29-30-44(38-54(42)47)48-18-5-8-23-55(48)61(58-26-12-22-52-53-36-33-41-14-2-4-19-49(41)59(53)63-60(52)58)45-34-31-39(32-35-45)43-15-11-16-46(37-43)62-56-24-9-6-20-50(56)51-21-7-10-25-57(51)62/h1-38H. The van der Waals surface area contributed by atoms with Crippen molar-refractivity contribution >= 4 is 103 Å². The molecule has 63 heavy (non-hydrogen) atoms. The van der Waals surface area contributed by atoms with Crippen molar-refractivity contribution in [2.45, 2.75) is 0 Å². The van der Waals surface area contributed by atoms with Crippen molar-refractivity contribution in [1.82, 2.24) is 4.57 Å². The highest BCUT2D eigenvalue weighted by Gasteiger charge is 2.22. The molecule has 0 bridgehead atoms. The second-order valence-corrected chi connectivity index (χ2v) is 17.5. The maximum Gasteiger partial charge on any atom is 0.0640 e. The predicted molar refractivity (Wildman–Crippen MR) is 272 cm³/mol. The first kappa shape index (κ1) is 35.7. The zero-order valence-electron chi connectivity index (χ0n) is 34.2. The Morgan fingerprint density at radius 2 is 0.873 bits per heavy atom. The van der Waals surface area contributed by atoms with Gasteiger partial charge >= 0.3 is 0 Å². The van der Waals surface area contributed by atoms with Gasteiger partial charge in [-0.1, -0.05) is 176 Å². The second kappa shape index (κ2) is 14.3. The third kappa shape index (κ3) is 5.71. The van der Waals surface area contributed by atoms with E-state index in [2.05, 4.69) is 240 Å². The van der Waals surface area contributed by atoms with Gasteiger partial charge in [-0.25, -0.2) is 0 Å². The Morgan fingerprint density at radius 1 is 0.317 bits per heavy atom. The highest BCUT2D eigenvalue weighted by atomic mass is 32.1. The van der Waals surface area contributed by atoms with Gasteiger partial charge in [-0.3, -0.25) is 0 Å². The average molecular weight is 819 g/mol. The first-order valence-electron chi connectivity index (χ1n) is 21.6. The quantitative estimate of drug-likeness (QED) is 0.152. The minimum absolute atomic E-state index is 1.10. The molecule has 0 atom stereocenters. The number of anilines is 3. The van der Waals surface area contributed by atoms with Crippen LogP contribution < -0.4 is 4.90 Å². The monoisotopic (exact) mass is 818 g/mol. The highest BCUT2D eigenvalue weighted by Crippen LogP contribution is 2.49. The lowest BCUT2D eigenvalue weighted by Crippen LogP contribution is -2.11. The summed E-state index contributed by atoms with van der Waals surface area (Å²) in [5.41, 5.74) is 11.7.